The molecule has 0 radical (unpaired) electrons. The number of aliphatic hydroxyl groups excluding tert-OH is 1. The normalized spacial score (nSPS) is 40.6. The van der Waals surface area contributed by atoms with Gasteiger partial charge in [0, 0.05) is 6.54 Å². The van der Waals surface area contributed by atoms with Crippen molar-refractivity contribution in [3.05, 3.63) is 0 Å². The summed E-state index contributed by atoms with van der Waals surface area (Å²) >= 11 is 0. The third-order valence-corrected chi connectivity index (χ3v) is 6.51. The summed E-state index contributed by atoms with van der Waals surface area (Å²) in [7, 11) is 0. The van der Waals surface area contributed by atoms with Gasteiger partial charge in [-0.05, 0) is 61.9 Å². The molecule has 1 N–H and O–H groups in total. The standard InChI is InChI=1S/C18H33NO2/c1-17(2)14-7-8-18(3,11-14)16(17)21-13-15(20)12-19-9-5-4-6-10-19/h14-16,20H,4-13H2,1-3H3/t14-,15-,16+,18+/m0/s1. The first-order chi connectivity index (χ1) is 9.92. The Labute approximate surface area is 130 Å². The molecule has 0 aromatic heterocycles. The van der Waals surface area contributed by atoms with Crippen molar-refractivity contribution < 1.29 is 9.84 Å². The lowest BCUT2D eigenvalue weighted by Gasteiger charge is -2.42. The highest BCUT2D eigenvalue weighted by Crippen LogP contribution is 2.63. The molecule has 0 aromatic carbocycles. The Bertz CT molecular complexity index is 359. The quantitative estimate of drug-likeness (QED) is 0.846. The molecule has 3 rings (SSSR count). The van der Waals surface area contributed by atoms with Crippen molar-refractivity contribution in [2.75, 3.05) is 26.2 Å². The molecule has 122 valence electrons. The first kappa shape index (κ1) is 15.8. The van der Waals surface area contributed by atoms with Crippen LogP contribution in [0.1, 0.15) is 59.3 Å². The Kier molecular flexibility index (Phi) is 4.37. The molecule has 2 aliphatic carbocycles. The third kappa shape index (κ3) is 3.02. The summed E-state index contributed by atoms with van der Waals surface area (Å²) in [5.41, 5.74) is 0.622. The van der Waals surface area contributed by atoms with Crippen LogP contribution in [-0.2, 0) is 4.74 Å². The first-order valence-corrected chi connectivity index (χ1v) is 8.94. The van der Waals surface area contributed by atoms with Gasteiger partial charge in [0.05, 0.1) is 18.8 Å². The van der Waals surface area contributed by atoms with E-state index < -0.39 is 0 Å². The average molecular weight is 295 g/mol. The number of ether oxygens (including phenoxy) is 1. The van der Waals surface area contributed by atoms with Crippen LogP contribution in [0.15, 0.2) is 0 Å². The van der Waals surface area contributed by atoms with Crippen molar-refractivity contribution in [1.29, 1.82) is 0 Å². The summed E-state index contributed by atoms with van der Waals surface area (Å²) in [6.07, 6.45) is 7.87. The molecule has 4 atom stereocenters. The van der Waals surface area contributed by atoms with Crippen LogP contribution < -0.4 is 0 Å². The van der Waals surface area contributed by atoms with Crippen LogP contribution in [0.25, 0.3) is 0 Å². The smallest absolute Gasteiger partial charge is 0.0900 e. The van der Waals surface area contributed by atoms with E-state index in [1.807, 2.05) is 0 Å². The lowest BCUT2D eigenvalue weighted by molar-refractivity contribution is -0.113. The highest BCUT2D eigenvalue weighted by molar-refractivity contribution is 5.09. The molecule has 3 heteroatoms. The zero-order chi connectivity index (χ0) is 15.1. The lowest BCUT2D eigenvalue weighted by atomic mass is 9.70. The predicted octanol–water partition coefficient (Wildman–Crippen LogP) is 3.06. The van der Waals surface area contributed by atoms with Crippen LogP contribution in [0.2, 0.25) is 0 Å². The lowest BCUT2D eigenvalue weighted by Crippen LogP contribution is -2.45. The molecule has 21 heavy (non-hydrogen) atoms. The average Bonchev–Trinajstić information content (AvgIpc) is 2.90. The van der Waals surface area contributed by atoms with Gasteiger partial charge in [0.25, 0.3) is 0 Å². The molecule has 0 amide bonds. The minimum absolute atomic E-state index is 0.276. The van der Waals surface area contributed by atoms with Crippen LogP contribution in [0, 0.1) is 16.7 Å². The van der Waals surface area contributed by atoms with Gasteiger partial charge in [0.2, 0.25) is 0 Å². The fourth-order valence-corrected chi connectivity index (χ4v) is 5.37. The SMILES string of the molecule is CC1(C)[C@H]2CC[C@](C)(C2)[C@@H]1OC[C@@H](O)CN1CCCCC1. The molecule has 3 fully saturated rings. The number of rotatable bonds is 5. The van der Waals surface area contributed by atoms with Crippen molar-refractivity contribution in [2.45, 2.75) is 71.5 Å². The van der Waals surface area contributed by atoms with Crippen LogP contribution in [0.3, 0.4) is 0 Å². The Balaban J connectivity index is 1.50. The van der Waals surface area contributed by atoms with E-state index in [4.69, 9.17) is 4.74 Å². The molecule has 0 aromatic rings. The largest absolute Gasteiger partial charge is 0.389 e. The number of β-amino-alcohol motifs (C(OH)–C–C–N with tert-alkyl or cyclic N) is 1. The molecule has 3 aliphatic rings. The van der Waals surface area contributed by atoms with Crippen molar-refractivity contribution in [3.63, 3.8) is 0 Å². The summed E-state index contributed by atoms with van der Waals surface area (Å²) < 4.78 is 6.28. The Hall–Kier alpha value is -0.120. The summed E-state index contributed by atoms with van der Waals surface area (Å²) in [5.74, 6) is 0.812. The maximum absolute atomic E-state index is 10.3. The van der Waals surface area contributed by atoms with Gasteiger partial charge in [-0.1, -0.05) is 27.2 Å². The number of hydrogen-bond acceptors (Lipinski definition) is 3. The minimum atomic E-state index is -0.332. The maximum Gasteiger partial charge on any atom is 0.0900 e. The highest BCUT2D eigenvalue weighted by Gasteiger charge is 2.60. The second kappa shape index (κ2) is 5.82. The summed E-state index contributed by atoms with van der Waals surface area (Å²) in [6, 6.07) is 0. The highest BCUT2D eigenvalue weighted by atomic mass is 16.5. The Morgan fingerprint density at radius 2 is 1.90 bits per heavy atom. The van der Waals surface area contributed by atoms with E-state index >= 15 is 0 Å². The fraction of sp³-hybridized carbons (Fsp3) is 1.00. The van der Waals surface area contributed by atoms with Gasteiger partial charge < -0.3 is 14.7 Å². The monoisotopic (exact) mass is 295 g/mol. The third-order valence-electron chi connectivity index (χ3n) is 6.51. The predicted molar refractivity (Wildman–Crippen MR) is 85.3 cm³/mol. The fourth-order valence-electron chi connectivity index (χ4n) is 5.37. The number of nitrogens with zero attached hydrogens (tertiary/aromatic N) is 1. The van der Waals surface area contributed by atoms with Gasteiger partial charge >= 0.3 is 0 Å². The maximum atomic E-state index is 10.3. The summed E-state index contributed by atoms with van der Waals surface area (Å²) in [6.45, 7) is 10.7. The van der Waals surface area contributed by atoms with E-state index in [0.29, 0.717) is 18.1 Å². The van der Waals surface area contributed by atoms with E-state index in [9.17, 15) is 5.11 Å². The Morgan fingerprint density at radius 1 is 1.19 bits per heavy atom. The molecule has 3 nitrogen and oxygen atoms in total. The number of piperidine rings is 1. The van der Waals surface area contributed by atoms with Gasteiger partial charge in [0.15, 0.2) is 0 Å². The zero-order valence-corrected chi connectivity index (χ0v) is 14.1. The summed E-state index contributed by atoms with van der Waals surface area (Å²) in [5, 5.41) is 10.3. The van der Waals surface area contributed by atoms with Crippen molar-refractivity contribution >= 4 is 0 Å². The van der Waals surface area contributed by atoms with E-state index in [2.05, 4.69) is 25.7 Å². The number of hydrogen-bond donors (Lipinski definition) is 1. The molecular formula is C18H33NO2. The van der Waals surface area contributed by atoms with Crippen LogP contribution in [0.4, 0.5) is 0 Å². The molecule has 1 aliphatic heterocycles. The summed E-state index contributed by atoms with van der Waals surface area (Å²) in [4.78, 5) is 2.39. The van der Waals surface area contributed by atoms with Crippen molar-refractivity contribution in [2.24, 2.45) is 16.7 Å². The molecular weight excluding hydrogens is 262 g/mol. The molecule has 2 saturated carbocycles. The van der Waals surface area contributed by atoms with Gasteiger partial charge in [0.1, 0.15) is 0 Å². The molecule has 0 spiro atoms. The second-order valence-electron chi connectivity index (χ2n) is 8.64. The number of aliphatic hydroxyl groups is 1. The van der Waals surface area contributed by atoms with Gasteiger partial charge in [-0.25, -0.2) is 0 Å². The van der Waals surface area contributed by atoms with E-state index in [1.54, 1.807) is 0 Å². The Morgan fingerprint density at radius 3 is 2.52 bits per heavy atom. The molecule has 0 unspecified atom stereocenters. The van der Waals surface area contributed by atoms with Crippen LogP contribution in [0.5, 0.6) is 0 Å². The second-order valence-corrected chi connectivity index (χ2v) is 8.64. The zero-order valence-electron chi connectivity index (χ0n) is 14.1. The van der Waals surface area contributed by atoms with Gasteiger partial charge in [-0.3, -0.25) is 0 Å². The van der Waals surface area contributed by atoms with Crippen molar-refractivity contribution in [3.8, 4) is 0 Å². The number of fused-ring (bicyclic) bond motifs is 2. The topological polar surface area (TPSA) is 32.7 Å². The molecule has 1 saturated heterocycles. The van der Waals surface area contributed by atoms with Gasteiger partial charge in [-0.2, -0.15) is 0 Å². The minimum Gasteiger partial charge on any atom is -0.389 e. The van der Waals surface area contributed by atoms with E-state index in [-0.39, 0.29) is 11.5 Å². The van der Waals surface area contributed by atoms with Gasteiger partial charge in [-0.15, -0.1) is 0 Å². The first-order valence-electron chi connectivity index (χ1n) is 8.94. The van der Waals surface area contributed by atoms with E-state index in [1.165, 1.54) is 38.5 Å². The van der Waals surface area contributed by atoms with Crippen LogP contribution in [-0.4, -0.2) is 48.5 Å². The van der Waals surface area contributed by atoms with E-state index in [0.717, 1.165) is 25.6 Å². The van der Waals surface area contributed by atoms with Crippen molar-refractivity contribution in [1.82, 2.24) is 4.90 Å². The molecule has 2 bridgehead atoms. The number of likely N-dealkylation sites (tertiary alicyclic amines) is 1. The molecule has 1 heterocycles. The van der Waals surface area contributed by atoms with Crippen LogP contribution >= 0.6 is 0 Å².